The molecule has 1 rings (SSSR count). The molecule has 0 spiro atoms. The molecule has 0 aromatic heterocycles. The summed E-state index contributed by atoms with van der Waals surface area (Å²) in [4.78, 5) is 13.1. The predicted octanol–water partition coefficient (Wildman–Crippen LogP) is 16.2. The summed E-state index contributed by atoms with van der Waals surface area (Å²) >= 11 is 0. The van der Waals surface area contributed by atoms with E-state index in [1.165, 1.54) is 218 Å². The third-order valence-electron chi connectivity index (χ3n) is 14.8. The predicted molar refractivity (Wildman–Crippen MR) is 313 cm³/mol. The van der Waals surface area contributed by atoms with Gasteiger partial charge in [0.15, 0.2) is 6.29 Å². The summed E-state index contributed by atoms with van der Waals surface area (Å²) in [5.74, 6) is -0.188. The third kappa shape index (κ3) is 42.9. The van der Waals surface area contributed by atoms with Crippen LogP contribution >= 0.6 is 0 Å². The largest absolute Gasteiger partial charge is 0.394 e. The lowest BCUT2D eigenvalue weighted by molar-refractivity contribution is -0.302. The Morgan fingerprint density at radius 3 is 1.22 bits per heavy atom. The van der Waals surface area contributed by atoms with Gasteiger partial charge in [-0.15, -0.1) is 0 Å². The van der Waals surface area contributed by atoms with E-state index in [1.54, 1.807) is 6.08 Å². The highest BCUT2D eigenvalue weighted by Crippen LogP contribution is 2.23. The molecule has 1 aliphatic rings. The van der Waals surface area contributed by atoms with Crippen molar-refractivity contribution in [2.24, 2.45) is 0 Å². The van der Waals surface area contributed by atoms with Crippen LogP contribution in [-0.4, -0.2) is 87.5 Å². The Morgan fingerprint density at radius 1 is 0.459 bits per heavy atom. The molecule has 1 amide bonds. The van der Waals surface area contributed by atoms with Gasteiger partial charge in [0.05, 0.1) is 25.4 Å². The van der Waals surface area contributed by atoms with Gasteiger partial charge in [0.2, 0.25) is 5.91 Å². The van der Waals surface area contributed by atoms with Crippen LogP contribution in [0, 0.1) is 0 Å². The van der Waals surface area contributed by atoms with Crippen molar-refractivity contribution in [3.8, 4) is 0 Å². The zero-order chi connectivity index (χ0) is 53.6. The molecular formula is C65H119NO8. The minimum absolute atomic E-state index is 0.188. The number of aliphatic hydroxyl groups is 5. The van der Waals surface area contributed by atoms with Crippen LogP contribution in [0.4, 0.5) is 0 Å². The normalized spacial score (nSPS) is 19.4. The summed E-state index contributed by atoms with van der Waals surface area (Å²) in [6, 6.07) is -0.829. The van der Waals surface area contributed by atoms with E-state index in [0.717, 1.165) is 51.4 Å². The first-order valence-corrected chi connectivity index (χ1v) is 31.5. The Bertz CT molecular complexity index is 1350. The van der Waals surface area contributed by atoms with Crippen LogP contribution in [0.15, 0.2) is 60.8 Å². The minimum atomic E-state index is -1.58. The molecule has 0 saturated carbocycles. The maximum Gasteiger partial charge on any atom is 0.220 e. The first-order chi connectivity index (χ1) is 36.3. The van der Waals surface area contributed by atoms with Gasteiger partial charge in [-0.2, -0.15) is 0 Å². The van der Waals surface area contributed by atoms with Gasteiger partial charge in [-0.3, -0.25) is 4.79 Å². The van der Waals surface area contributed by atoms with Crippen molar-refractivity contribution >= 4 is 5.91 Å². The van der Waals surface area contributed by atoms with E-state index in [9.17, 15) is 30.3 Å². The number of hydrogen-bond acceptors (Lipinski definition) is 8. The molecule has 1 aliphatic heterocycles. The average molecular weight is 1040 g/mol. The molecule has 9 nitrogen and oxygen atoms in total. The Morgan fingerprint density at radius 2 is 0.811 bits per heavy atom. The summed E-state index contributed by atoms with van der Waals surface area (Å²) in [6.07, 6.45) is 67.4. The van der Waals surface area contributed by atoms with E-state index in [-0.39, 0.29) is 12.5 Å². The summed E-state index contributed by atoms with van der Waals surface area (Å²) < 4.78 is 11.3. The van der Waals surface area contributed by atoms with Crippen LogP contribution < -0.4 is 5.32 Å². The van der Waals surface area contributed by atoms with Crippen molar-refractivity contribution in [2.75, 3.05) is 13.2 Å². The fourth-order valence-corrected chi connectivity index (χ4v) is 9.81. The number of carbonyl (C=O) groups excluding carboxylic acids is 1. The number of aliphatic hydroxyl groups excluding tert-OH is 5. The number of amides is 1. The first kappa shape index (κ1) is 69.9. The van der Waals surface area contributed by atoms with Crippen molar-refractivity contribution in [3.63, 3.8) is 0 Å². The Balaban J connectivity index is 2.15. The minimum Gasteiger partial charge on any atom is -0.394 e. The standard InChI is InChI=1S/C65H119NO8/c1-3-5-7-9-11-13-15-17-19-21-23-24-25-26-27-28-29-30-31-32-33-34-35-36-37-39-41-43-45-47-49-51-53-55-61(69)66-58(57-73-65-64(72)63(71)62(70)60(56-67)74-65)59(68)54-52-50-48-46-44-42-40-38-22-20-18-16-14-12-10-8-6-4-2/h15,17,21-23,38,44,46,52,54,58-60,62-65,67-68,70-72H,3-14,16,18-20,24-37,39-43,45,47-51,53,55-57H2,1-2H3,(H,66,69)/b17-15-,23-21-,38-22+,46-44+,54-52+. The van der Waals surface area contributed by atoms with E-state index < -0.39 is 49.5 Å². The fourth-order valence-electron chi connectivity index (χ4n) is 9.81. The second-order valence-electron chi connectivity index (χ2n) is 21.8. The highest BCUT2D eigenvalue weighted by molar-refractivity contribution is 5.76. The summed E-state index contributed by atoms with van der Waals surface area (Å²) in [7, 11) is 0. The second kappa shape index (κ2) is 54.3. The van der Waals surface area contributed by atoms with E-state index in [2.05, 4.69) is 67.8 Å². The molecule has 7 unspecified atom stereocenters. The van der Waals surface area contributed by atoms with Gasteiger partial charge in [0, 0.05) is 6.42 Å². The Labute approximate surface area is 456 Å². The molecule has 1 heterocycles. The molecule has 0 aromatic carbocycles. The van der Waals surface area contributed by atoms with Crippen LogP contribution in [0.3, 0.4) is 0 Å². The van der Waals surface area contributed by atoms with Gasteiger partial charge in [0.25, 0.3) is 0 Å². The van der Waals surface area contributed by atoms with Gasteiger partial charge in [-0.25, -0.2) is 0 Å². The Hall–Kier alpha value is -2.11. The van der Waals surface area contributed by atoms with E-state index >= 15 is 0 Å². The lowest BCUT2D eigenvalue weighted by Crippen LogP contribution is -2.60. The summed E-state index contributed by atoms with van der Waals surface area (Å²) in [6.45, 7) is 3.76. The van der Waals surface area contributed by atoms with Gasteiger partial charge < -0.3 is 40.3 Å². The number of unbranched alkanes of at least 4 members (excludes halogenated alkanes) is 36. The van der Waals surface area contributed by atoms with E-state index in [4.69, 9.17) is 9.47 Å². The van der Waals surface area contributed by atoms with Crippen molar-refractivity contribution < 1.29 is 39.8 Å². The number of ether oxygens (including phenoxy) is 2. The molecule has 7 atom stereocenters. The molecule has 1 fully saturated rings. The van der Waals surface area contributed by atoms with E-state index in [1.807, 2.05) is 6.08 Å². The zero-order valence-corrected chi connectivity index (χ0v) is 48.1. The van der Waals surface area contributed by atoms with Crippen LogP contribution in [0.5, 0.6) is 0 Å². The van der Waals surface area contributed by atoms with Gasteiger partial charge in [-0.05, 0) is 77.0 Å². The SMILES string of the molecule is CCCCCCC/C=C\C/C=C\CCCCCCCCCCCCCCCCCCCCCCCC(=O)NC(COC1OC(CO)C(O)C(O)C1O)C(O)/C=C/CC/C=C/CC/C=C/CCCCCCCCCC. The number of allylic oxidation sites excluding steroid dienone is 9. The molecule has 0 bridgehead atoms. The monoisotopic (exact) mass is 1040 g/mol. The van der Waals surface area contributed by atoms with Crippen LogP contribution in [-0.2, 0) is 14.3 Å². The highest BCUT2D eigenvalue weighted by atomic mass is 16.7. The van der Waals surface area contributed by atoms with Crippen LogP contribution in [0.2, 0.25) is 0 Å². The maximum atomic E-state index is 13.1. The lowest BCUT2D eigenvalue weighted by atomic mass is 9.99. The summed E-state index contributed by atoms with van der Waals surface area (Å²) in [5, 5.41) is 54.5. The van der Waals surface area contributed by atoms with Crippen LogP contribution in [0.1, 0.15) is 290 Å². The fraction of sp³-hybridized carbons (Fsp3) is 0.831. The molecular weight excluding hydrogens is 923 g/mol. The average Bonchev–Trinajstić information content (AvgIpc) is 3.40. The molecule has 0 radical (unpaired) electrons. The molecule has 6 N–H and O–H groups in total. The molecule has 1 saturated heterocycles. The topological polar surface area (TPSA) is 149 Å². The van der Waals surface area contributed by atoms with Gasteiger partial charge in [-0.1, -0.05) is 267 Å². The van der Waals surface area contributed by atoms with E-state index in [0.29, 0.717) is 6.42 Å². The van der Waals surface area contributed by atoms with Crippen molar-refractivity contribution in [3.05, 3.63) is 60.8 Å². The molecule has 432 valence electrons. The quantitative estimate of drug-likeness (QED) is 0.0261. The van der Waals surface area contributed by atoms with Crippen molar-refractivity contribution in [1.29, 1.82) is 0 Å². The lowest BCUT2D eigenvalue weighted by Gasteiger charge is -2.40. The van der Waals surface area contributed by atoms with Gasteiger partial charge >= 0.3 is 0 Å². The third-order valence-corrected chi connectivity index (χ3v) is 14.8. The van der Waals surface area contributed by atoms with Crippen molar-refractivity contribution in [1.82, 2.24) is 5.32 Å². The molecule has 0 aromatic rings. The second-order valence-corrected chi connectivity index (χ2v) is 21.8. The molecule has 74 heavy (non-hydrogen) atoms. The summed E-state index contributed by atoms with van der Waals surface area (Å²) in [5.41, 5.74) is 0. The van der Waals surface area contributed by atoms with Crippen molar-refractivity contribution in [2.45, 2.75) is 333 Å². The Kier molecular flexibility index (Phi) is 51.3. The number of hydrogen-bond donors (Lipinski definition) is 6. The first-order valence-electron chi connectivity index (χ1n) is 31.5. The maximum absolute atomic E-state index is 13.1. The number of nitrogens with one attached hydrogen (secondary N) is 1. The van der Waals surface area contributed by atoms with Crippen LogP contribution in [0.25, 0.3) is 0 Å². The zero-order valence-electron chi connectivity index (χ0n) is 48.1. The number of rotatable bonds is 54. The molecule has 9 heteroatoms. The smallest absolute Gasteiger partial charge is 0.220 e. The highest BCUT2D eigenvalue weighted by Gasteiger charge is 2.44. The number of carbonyl (C=O) groups is 1. The molecule has 0 aliphatic carbocycles. The van der Waals surface area contributed by atoms with Gasteiger partial charge in [0.1, 0.15) is 24.4 Å².